The number of benzene rings is 1. The molecule has 1 aliphatic rings. The predicted molar refractivity (Wildman–Crippen MR) is 105 cm³/mol. The molecule has 26 heavy (non-hydrogen) atoms. The molecule has 2 amide bonds. The maximum Gasteiger partial charge on any atom is 0.317 e. The zero-order valence-corrected chi connectivity index (χ0v) is 16.8. The van der Waals surface area contributed by atoms with Gasteiger partial charge in [0.1, 0.15) is 21.7 Å². The number of rotatable bonds is 3. The quantitative estimate of drug-likeness (QED) is 0.889. The molecule has 2 heterocycles. The number of nitrogens with zero attached hydrogens (tertiary/aromatic N) is 3. The second kappa shape index (κ2) is 7.19. The molecule has 0 aliphatic carbocycles. The van der Waals surface area contributed by atoms with Gasteiger partial charge in [0.25, 0.3) is 0 Å². The minimum atomic E-state index is -0.228. The summed E-state index contributed by atoms with van der Waals surface area (Å²) in [5, 5.41) is 3.95. The topological polar surface area (TPSA) is 66.9 Å². The van der Waals surface area contributed by atoms with Crippen molar-refractivity contribution in [3.63, 3.8) is 0 Å². The van der Waals surface area contributed by atoms with Gasteiger partial charge in [-0.1, -0.05) is 11.3 Å². The fourth-order valence-electron chi connectivity index (χ4n) is 2.91. The Kier molecular flexibility index (Phi) is 5.13. The zero-order valence-electron chi connectivity index (χ0n) is 16.0. The second-order valence-electron chi connectivity index (χ2n) is 7.30. The van der Waals surface area contributed by atoms with E-state index < -0.39 is 0 Å². The van der Waals surface area contributed by atoms with E-state index in [1.54, 1.807) is 25.6 Å². The van der Waals surface area contributed by atoms with Crippen LogP contribution in [0.1, 0.15) is 20.8 Å². The van der Waals surface area contributed by atoms with E-state index in [-0.39, 0.29) is 11.6 Å². The number of carbonyl (C=O) groups is 1. The Hall–Kier alpha value is -2.22. The fraction of sp³-hybridized carbons (Fsp3) is 0.556. The molecule has 0 radical (unpaired) electrons. The van der Waals surface area contributed by atoms with Crippen molar-refractivity contribution >= 4 is 32.7 Å². The minimum absolute atomic E-state index is 0.00946. The summed E-state index contributed by atoms with van der Waals surface area (Å²) in [6.45, 7) is 8.82. The summed E-state index contributed by atoms with van der Waals surface area (Å²) in [5.74, 6) is 1.54. The molecule has 3 rings (SSSR count). The monoisotopic (exact) mass is 378 g/mol. The van der Waals surface area contributed by atoms with Crippen molar-refractivity contribution in [1.82, 2.24) is 15.2 Å². The summed E-state index contributed by atoms with van der Waals surface area (Å²) in [4.78, 5) is 21.2. The Morgan fingerprint density at radius 3 is 2.31 bits per heavy atom. The van der Waals surface area contributed by atoms with Gasteiger partial charge in [-0.3, -0.25) is 0 Å². The van der Waals surface area contributed by atoms with Gasteiger partial charge in [0.2, 0.25) is 0 Å². The molecular formula is C18H26N4O3S. The summed E-state index contributed by atoms with van der Waals surface area (Å²) < 4.78 is 11.9. The van der Waals surface area contributed by atoms with Gasteiger partial charge < -0.3 is 24.6 Å². The Balaban J connectivity index is 1.74. The van der Waals surface area contributed by atoms with Crippen molar-refractivity contribution in [3.05, 3.63) is 12.1 Å². The van der Waals surface area contributed by atoms with Crippen molar-refractivity contribution in [2.45, 2.75) is 26.3 Å². The van der Waals surface area contributed by atoms with Crippen LogP contribution in [0.4, 0.5) is 9.93 Å². The number of piperazine rings is 1. The van der Waals surface area contributed by atoms with Gasteiger partial charge in [-0.25, -0.2) is 9.78 Å². The van der Waals surface area contributed by atoms with E-state index in [9.17, 15) is 4.79 Å². The molecular weight excluding hydrogens is 352 g/mol. The number of urea groups is 1. The number of hydrogen-bond donors (Lipinski definition) is 1. The van der Waals surface area contributed by atoms with Crippen LogP contribution in [0.3, 0.4) is 0 Å². The van der Waals surface area contributed by atoms with Crippen LogP contribution >= 0.6 is 11.3 Å². The van der Waals surface area contributed by atoms with Crippen molar-refractivity contribution in [1.29, 1.82) is 0 Å². The lowest BCUT2D eigenvalue weighted by molar-refractivity contribution is 0.185. The molecule has 1 aromatic carbocycles. The van der Waals surface area contributed by atoms with Gasteiger partial charge in [0.05, 0.1) is 14.2 Å². The van der Waals surface area contributed by atoms with E-state index >= 15 is 0 Å². The lowest BCUT2D eigenvalue weighted by Crippen LogP contribution is -2.55. The maximum absolute atomic E-state index is 12.3. The van der Waals surface area contributed by atoms with Crippen LogP contribution in [0.2, 0.25) is 0 Å². The summed E-state index contributed by atoms with van der Waals surface area (Å²) in [6.07, 6.45) is 0. The van der Waals surface area contributed by atoms with E-state index in [1.807, 2.05) is 37.8 Å². The number of fused-ring (bicyclic) bond motifs is 1. The minimum Gasteiger partial charge on any atom is -0.495 e. The predicted octanol–water partition coefficient (Wildman–Crippen LogP) is 2.94. The number of hydrogen-bond acceptors (Lipinski definition) is 6. The van der Waals surface area contributed by atoms with Gasteiger partial charge in [-0.2, -0.15) is 0 Å². The van der Waals surface area contributed by atoms with Crippen LogP contribution in [0.15, 0.2) is 12.1 Å². The summed E-state index contributed by atoms with van der Waals surface area (Å²) in [7, 11) is 3.31. The highest BCUT2D eigenvalue weighted by molar-refractivity contribution is 7.22. The average molecular weight is 378 g/mol. The fourth-order valence-corrected chi connectivity index (χ4v) is 4.04. The van der Waals surface area contributed by atoms with E-state index in [4.69, 9.17) is 14.5 Å². The van der Waals surface area contributed by atoms with Gasteiger partial charge in [0.15, 0.2) is 5.13 Å². The van der Waals surface area contributed by atoms with Crippen LogP contribution in [-0.4, -0.2) is 61.9 Å². The van der Waals surface area contributed by atoms with Crippen LogP contribution in [0.25, 0.3) is 10.2 Å². The molecule has 0 bridgehead atoms. The number of methoxy groups -OCH3 is 2. The third-order valence-electron chi connectivity index (χ3n) is 4.22. The first-order valence-corrected chi connectivity index (χ1v) is 9.47. The number of thiazole rings is 1. The van der Waals surface area contributed by atoms with Crippen molar-refractivity contribution in [3.8, 4) is 11.5 Å². The van der Waals surface area contributed by atoms with E-state index in [1.165, 1.54) is 0 Å². The van der Waals surface area contributed by atoms with Gasteiger partial charge in [-0.15, -0.1) is 0 Å². The summed E-state index contributed by atoms with van der Waals surface area (Å²) in [5.41, 5.74) is 0.591. The molecule has 8 heteroatoms. The Morgan fingerprint density at radius 2 is 1.73 bits per heavy atom. The van der Waals surface area contributed by atoms with Crippen molar-refractivity contribution in [2.24, 2.45) is 0 Å². The molecule has 0 unspecified atom stereocenters. The van der Waals surface area contributed by atoms with Crippen LogP contribution < -0.4 is 19.7 Å². The molecule has 1 N–H and O–H groups in total. The number of anilines is 1. The number of carbonyl (C=O) groups excluding carboxylic acids is 1. The molecule has 1 aliphatic heterocycles. The Bertz CT molecular complexity index is 751. The third kappa shape index (κ3) is 3.80. The average Bonchev–Trinajstić information content (AvgIpc) is 3.05. The number of aromatic nitrogens is 1. The smallest absolute Gasteiger partial charge is 0.317 e. The number of nitrogens with one attached hydrogen (secondary N) is 1. The molecule has 1 aromatic heterocycles. The molecule has 2 aromatic rings. The zero-order chi connectivity index (χ0) is 18.9. The second-order valence-corrected chi connectivity index (χ2v) is 8.28. The first-order valence-electron chi connectivity index (χ1n) is 8.66. The van der Waals surface area contributed by atoms with E-state index in [0.717, 1.165) is 39.9 Å². The molecule has 1 saturated heterocycles. The largest absolute Gasteiger partial charge is 0.495 e. The van der Waals surface area contributed by atoms with Crippen LogP contribution in [-0.2, 0) is 0 Å². The van der Waals surface area contributed by atoms with E-state index in [2.05, 4.69) is 10.2 Å². The molecule has 1 fully saturated rings. The molecule has 0 atom stereocenters. The normalized spacial score (nSPS) is 15.3. The van der Waals surface area contributed by atoms with Crippen LogP contribution in [0.5, 0.6) is 11.5 Å². The highest BCUT2D eigenvalue weighted by Crippen LogP contribution is 2.40. The molecule has 0 saturated carbocycles. The third-order valence-corrected chi connectivity index (χ3v) is 5.35. The van der Waals surface area contributed by atoms with Crippen LogP contribution in [0, 0.1) is 0 Å². The summed E-state index contributed by atoms with van der Waals surface area (Å²) >= 11 is 1.59. The van der Waals surface area contributed by atoms with Crippen molar-refractivity contribution in [2.75, 3.05) is 45.3 Å². The number of amides is 2. The maximum atomic E-state index is 12.3. The van der Waals surface area contributed by atoms with Gasteiger partial charge >= 0.3 is 6.03 Å². The van der Waals surface area contributed by atoms with Crippen molar-refractivity contribution < 1.29 is 14.3 Å². The molecule has 0 spiro atoms. The van der Waals surface area contributed by atoms with Gasteiger partial charge in [0, 0.05) is 31.7 Å². The highest BCUT2D eigenvalue weighted by Gasteiger charge is 2.26. The van der Waals surface area contributed by atoms with E-state index in [0.29, 0.717) is 13.1 Å². The standard InChI is InChI=1S/C18H26N4O3S/c1-18(2,3)20-16(23)21-8-10-22(11-9-21)17-19-14-12(24-4)6-7-13(25-5)15(14)26-17/h6-7H,8-11H2,1-5H3,(H,20,23). The number of ether oxygens (including phenoxy) is 2. The summed E-state index contributed by atoms with van der Waals surface area (Å²) in [6, 6.07) is 3.77. The highest BCUT2D eigenvalue weighted by atomic mass is 32.1. The molecule has 7 nitrogen and oxygen atoms in total. The lowest BCUT2D eigenvalue weighted by atomic mass is 10.1. The van der Waals surface area contributed by atoms with Gasteiger partial charge in [-0.05, 0) is 32.9 Å². The first-order chi connectivity index (χ1) is 12.3. The SMILES string of the molecule is COc1ccc(OC)c2sc(N3CCN(C(=O)NC(C)(C)C)CC3)nc12. The molecule has 142 valence electrons. The lowest BCUT2D eigenvalue weighted by Gasteiger charge is -2.36. The first kappa shape index (κ1) is 18.6. The Morgan fingerprint density at radius 1 is 1.12 bits per heavy atom. The Labute approximate surface area is 157 Å².